The Labute approximate surface area is 184 Å². The normalized spacial score (nSPS) is 21.1. The maximum Gasteiger partial charge on any atom is 0.416 e. The Hall–Kier alpha value is -2.84. The lowest BCUT2D eigenvalue weighted by Gasteiger charge is -2.28. The van der Waals surface area contributed by atoms with Crippen LogP contribution in [0.3, 0.4) is 0 Å². The summed E-state index contributed by atoms with van der Waals surface area (Å²) in [5, 5.41) is 0. The number of rotatable bonds is 8. The Morgan fingerprint density at radius 1 is 1.12 bits per heavy atom. The number of aromatic nitrogens is 2. The lowest BCUT2D eigenvalue weighted by molar-refractivity contribution is -0.184. The summed E-state index contributed by atoms with van der Waals surface area (Å²) in [6.45, 7) is 3.05. The van der Waals surface area contributed by atoms with Gasteiger partial charge in [0.15, 0.2) is 5.79 Å². The van der Waals surface area contributed by atoms with E-state index in [0.717, 1.165) is 18.6 Å². The molecule has 5 nitrogen and oxygen atoms in total. The summed E-state index contributed by atoms with van der Waals surface area (Å²) in [4.78, 5) is 4.09. The van der Waals surface area contributed by atoms with Crippen LogP contribution in [0.15, 0.2) is 67.3 Å². The molecule has 1 aromatic heterocycles. The summed E-state index contributed by atoms with van der Waals surface area (Å²) < 4.78 is 58.2. The van der Waals surface area contributed by atoms with Gasteiger partial charge in [-0.2, -0.15) is 13.2 Å². The highest BCUT2D eigenvalue weighted by Gasteiger charge is 2.42. The van der Waals surface area contributed by atoms with Crippen LogP contribution < -0.4 is 4.74 Å². The monoisotopic (exact) mass is 446 g/mol. The van der Waals surface area contributed by atoms with Crippen molar-refractivity contribution in [3.63, 3.8) is 0 Å². The lowest BCUT2D eigenvalue weighted by Crippen LogP contribution is -2.37. The van der Waals surface area contributed by atoms with Crippen LogP contribution in [0.25, 0.3) is 0 Å². The van der Waals surface area contributed by atoms with Crippen LogP contribution >= 0.6 is 0 Å². The third kappa shape index (κ3) is 5.69. The number of benzene rings is 2. The summed E-state index contributed by atoms with van der Waals surface area (Å²) in [6, 6.07) is 13.0. The minimum absolute atomic E-state index is 0.182. The molecular weight excluding hydrogens is 421 g/mol. The third-order valence-corrected chi connectivity index (χ3v) is 5.43. The Morgan fingerprint density at radius 2 is 1.88 bits per heavy atom. The molecule has 0 bridgehead atoms. The van der Waals surface area contributed by atoms with E-state index in [1.54, 1.807) is 12.5 Å². The molecule has 0 spiro atoms. The van der Waals surface area contributed by atoms with Crippen LogP contribution in [0.5, 0.6) is 5.75 Å². The zero-order chi connectivity index (χ0) is 22.6. The second kappa shape index (κ2) is 9.34. The van der Waals surface area contributed by atoms with Crippen LogP contribution in [0, 0.1) is 6.92 Å². The van der Waals surface area contributed by atoms with E-state index in [2.05, 4.69) is 36.2 Å². The number of hydrogen-bond acceptors (Lipinski definition) is 4. The maximum absolute atomic E-state index is 12.7. The van der Waals surface area contributed by atoms with Crippen molar-refractivity contribution in [3.05, 3.63) is 83.9 Å². The highest BCUT2D eigenvalue weighted by atomic mass is 19.4. The lowest BCUT2D eigenvalue weighted by atomic mass is 10.0. The van der Waals surface area contributed by atoms with Crippen LogP contribution in [-0.4, -0.2) is 34.7 Å². The molecule has 1 saturated heterocycles. The molecule has 2 aromatic carbocycles. The van der Waals surface area contributed by atoms with Gasteiger partial charge in [-0.1, -0.05) is 29.8 Å². The number of halogens is 3. The van der Waals surface area contributed by atoms with Crippen molar-refractivity contribution in [1.82, 2.24) is 9.55 Å². The molecule has 2 heterocycles. The molecule has 0 amide bonds. The molecule has 0 radical (unpaired) electrons. The summed E-state index contributed by atoms with van der Waals surface area (Å²) in [5.41, 5.74) is 1.69. The minimum Gasteiger partial charge on any atom is -0.491 e. The number of ether oxygens (including phenoxy) is 3. The quantitative estimate of drug-likeness (QED) is 0.487. The van der Waals surface area contributed by atoms with E-state index in [0.29, 0.717) is 25.3 Å². The Morgan fingerprint density at radius 3 is 2.53 bits per heavy atom. The zero-order valence-corrected chi connectivity index (χ0v) is 17.7. The minimum atomic E-state index is -4.37. The summed E-state index contributed by atoms with van der Waals surface area (Å²) in [5.74, 6) is -0.479. The number of nitrogens with zero attached hydrogens (tertiary/aromatic N) is 2. The fourth-order valence-corrected chi connectivity index (χ4v) is 3.67. The van der Waals surface area contributed by atoms with Crippen LogP contribution in [0.1, 0.15) is 23.1 Å². The molecule has 1 aliphatic heterocycles. The Balaban J connectivity index is 1.38. The van der Waals surface area contributed by atoms with E-state index in [-0.39, 0.29) is 12.7 Å². The van der Waals surface area contributed by atoms with Gasteiger partial charge in [0, 0.05) is 18.8 Å². The van der Waals surface area contributed by atoms with Crippen molar-refractivity contribution in [1.29, 1.82) is 0 Å². The smallest absolute Gasteiger partial charge is 0.416 e. The van der Waals surface area contributed by atoms with E-state index in [4.69, 9.17) is 14.2 Å². The second-order valence-corrected chi connectivity index (χ2v) is 8.02. The van der Waals surface area contributed by atoms with Crippen LogP contribution in [-0.2, 0) is 28.6 Å². The van der Waals surface area contributed by atoms with Gasteiger partial charge < -0.3 is 18.8 Å². The Kier molecular flexibility index (Phi) is 6.53. The SMILES string of the molecule is Cc1ccc(CCC2(Cn3ccnc3)OCC(COc3ccc(C(F)(F)F)cc3)O2)cc1. The third-order valence-electron chi connectivity index (χ3n) is 5.43. The Bertz CT molecular complexity index is 989. The fourth-order valence-electron chi connectivity index (χ4n) is 3.67. The van der Waals surface area contributed by atoms with Gasteiger partial charge in [0.25, 0.3) is 0 Å². The summed E-state index contributed by atoms with van der Waals surface area (Å²) in [6.07, 6.45) is 1.99. The molecule has 1 fully saturated rings. The molecule has 170 valence electrons. The zero-order valence-electron chi connectivity index (χ0n) is 17.7. The summed E-state index contributed by atoms with van der Waals surface area (Å²) >= 11 is 0. The second-order valence-electron chi connectivity index (χ2n) is 8.02. The van der Waals surface area contributed by atoms with E-state index in [1.807, 2.05) is 10.8 Å². The van der Waals surface area contributed by atoms with Gasteiger partial charge in [0.2, 0.25) is 0 Å². The van der Waals surface area contributed by atoms with Gasteiger partial charge in [-0.25, -0.2) is 4.98 Å². The van der Waals surface area contributed by atoms with Crippen LogP contribution in [0.4, 0.5) is 13.2 Å². The van der Waals surface area contributed by atoms with Gasteiger partial charge in [-0.3, -0.25) is 0 Å². The first kappa shape index (κ1) is 22.4. The van der Waals surface area contributed by atoms with Crippen molar-refractivity contribution >= 4 is 0 Å². The summed E-state index contributed by atoms with van der Waals surface area (Å²) in [7, 11) is 0. The van der Waals surface area contributed by atoms with Crippen molar-refractivity contribution in [2.75, 3.05) is 13.2 Å². The van der Waals surface area contributed by atoms with Gasteiger partial charge in [0.05, 0.1) is 25.0 Å². The topological polar surface area (TPSA) is 45.5 Å². The average Bonchev–Trinajstić information content (AvgIpc) is 3.42. The fraction of sp³-hybridized carbons (Fsp3) is 0.375. The van der Waals surface area contributed by atoms with Gasteiger partial charge in [-0.05, 0) is 43.2 Å². The first-order valence-corrected chi connectivity index (χ1v) is 10.4. The molecule has 0 saturated carbocycles. The van der Waals surface area contributed by atoms with E-state index < -0.39 is 17.5 Å². The number of aryl methyl sites for hydroxylation is 2. The van der Waals surface area contributed by atoms with Gasteiger partial charge in [0.1, 0.15) is 18.5 Å². The molecule has 0 N–H and O–H groups in total. The molecule has 4 rings (SSSR count). The van der Waals surface area contributed by atoms with Gasteiger partial charge >= 0.3 is 6.18 Å². The first-order chi connectivity index (χ1) is 15.3. The molecule has 32 heavy (non-hydrogen) atoms. The molecule has 0 aliphatic carbocycles. The highest BCUT2D eigenvalue weighted by molar-refractivity contribution is 5.29. The van der Waals surface area contributed by atoms with Crippen molar-refractivity contribution < 1.29 is 27.4 Å². The maximum atomic E-state index is 12.7. The van der Waals surface area contributed by atoms with Crippen molar-refractivity contribution in [2.24, 2.45) is 0 Å². The molecule has 1 aliphatic rings. The largest absolute Gasteiger partial charge is 0.491 e. The molecular formula is C24H25F3N2O3. The molecule has 3 aromatic rings. The molecule has 2 atom stereocenters. The number of hydrogen-bond donors (Lipinski definition) is 0. The number of imidazole rings is 1. The predicted octanol–water partition coefficient (Wildman–Crippen LogP) is 5.03. The van der Waals surface area contributed by atoms with E-state index in [1.165, 1.54) is 23.3 Å². The molecule has 2 unspecified atom stereocenters. The van der Waals surface area contributed by atoms with E-state index >= 15 is 0 Å². The van der Waals surface area contributed by atoms with Crippen LogP contribution in [0.2, 0.25) is 0 Å². The highest BCUT2D eigenvalue weighted by Crippen LogP contribution is 2.32. The van der Waals surface area contributed by atoms with Crippen molar-refractivity contribution in [3.8, 4) is 5.75 Å². The standard InChI is InChI=1S/C24H25F3N2O3/c1-18-2-4-19(5-3-18)10-11-23(16-29-13-12-28-17-29)31-15-22(32-23)14-30-21-8-6-20(7-9-21)24(25,26)27/h2-9,12-13,17,22H,10-11,14-16H2,1H3. The molecule has 8 heteroatoms. The van der Waals surface area contributed by atoms with Crippen molar-refractivity contribution in [2.45, 2.75) is 44.4 Å². The average molecular weight is 446 g/mol. The predicted molar refractivity (Wildman–Crippen MR) is 112 cm³/mol. The first-order valence-electron chi connectivity index (χ1n) is 10.4. The van der Waals surface area contributed by atoms with Gasteiger partial charge in [-0.15, -0.1) is 0 Å². The number of alkyl halides is 3. The van der Waals surface area contributed by atoms with E-state index in [9.17, 15) is 13.2 Å².